The minimum atomic E-state index is -0.532. The normalized spacial score (nSPS) is 23.0. The molecule has 1 aromatic rings. The molecule has 1 fully saturated rings. The molecule has 0 radical (unpaired) electrons. The Bertz CT molecular complexity index is 751. The van der Waals surface area contributed by atoms with E-state index >= 15 is 0 Å². The minimum absolute atomic E-state index is 0.0826. The predicted octanol–water partition coefficient (Wildman–Crippen LogP) is 1.86. The maximum Gasteiger partial charge on any atom is 0.342 e. The molecule has 140 valence electrons. The van der Waals surface area contributed by atoms with Crippen molar-refractivity contribution in [1.82, 2.24) is 5.32 Å². The van der Waals surface area contributed by atoms with Crippen LogP contribution in [0.15, 0.2) is 24.0 Å². The van der Waals surface area contributed by atoms with Crippen LogP contribution in [0, 0.1) is 19.8 Å². The molecule has 2 aliphatic rings. The van der Waals surface area contributed by atoms with Gasteiger partial charge in [-0.1, -0.05) is 30.7 Å². The van der Waals surface area contributed by atoms with Gasteiger partial charge in [-0.3, -0.25) is 4.79 Å². The monoisotopic (exact) mass is 359 g/mol. The van der Waals surface area contributed by atoms with E-state index in [1.165, 1.54) is 0 Å². The van der Waals surface area contributed by atoms with Crippen molar-refractivity contribution in [3.63, 3.8) is 0 Å². The summed E-state index contributed by atoms with van der Waals surface area (Å²) in [5, 5.41) is 12.2. The third-order valence-corrected chi connectivity index (χ3v) is 4.82. The van der Waals surface area contributed by atoms with E-state index < -0.39 is 12.1 Å². The lowest BCUT2D eigenvalue weighted by Crippen LogP contribution is -2.31. The fraction of sp³-hybridized carbons (Fsp3) is 0.500. The lowest BCUT2D eigenvalue weighted by Gasteiger charge is -2.17. The summed E-state index contributed by atoms with van der Waals surface area (Å²) in [6, 6.07) is 5.49. The lowest BCUT2D eigenvalue weighted by molar-refractivity contribution is -0.141. The van der Waals surface area contributed by atoms with Gasteiger partial charge in [-0.05, 0) is 43.7 Å². The molecular formula is C20H25NO5. The molecule has 0 aromatic heterocycles. The van der Waals surface area contributed by atoms with Crippen molar-refractivity contribution in [3.8, 4) is 0 Å². The summed E-state index contributed by atoms with van der Waals surface area (Å²) in [5.74, 6) is -0.214. The third kappa shape index (κ3) is 3.97. The molecule has 1 aromatic carbocycles. The highest BCUT2D eigenvalue weighted by Gasteiger charge is 2.40. The van der Waals surface area contributed by atoms with Gasteiger partial charge in [0.05, 0.1) is 18.2 Å². The van der Waals surface area contributed by atoms with Crippen LogP contribution in [0.4, 0.5) is 0 Å². The lowest BCUT2D eigenvalue weighted by atomic mass is 9.96. The number of benzene rings is 1. The van der Waals surface area contributed by atoms with Gasteiger partial charge in [-0.25, -0.2) is 4.79 Å². The Hall–Kier alpha value is -2.18. The van der Waals surface area contributed by atoms with Gasteiger partial charge in [0.2, 0.25) is 0 Å². The van der Waals surface area contributed by atoms with Crippen LogP contribution in [0.25, 0.3) is 5.57 Å². The first kappa shape index (κ1) is 18.6. The van der Waals surface area contributed by atoms with E-state index in [4.69, 9.17) is 9.47 Å². The number of hydrogen-bond acceptors (Lipinski definition) is 5. The number of rotatable bonds is 7. The zero-order valence-electron chi connectivity index (χ0n) is 15.4. The van der Waals surface area contributed by atoms with Gasteiger partial charge in [-0.2, -0.15) is 0 Å². The number of aryl methyl sites for hydroxylation is 2. The number of carbonyl (C=O) groups is 2. The number of esters is 1. The van der Waals surface area contributed by atoms with E-state index in [-0.39, 0.29) is 24.5 Å². The summed E-state index contributed by atoms with van der Waals surface area (Å²) in [4.78, 5) is 24.9. The molecule has 0 spiro atoms. The molecule has 2 heterocycles. The molecule has 2 N–H and O–H groups in total. The Labute approximate surface area is 153 Å². The van der Waals surface area contributed by atoms with Gasteiger partial charge in [0.25, 0.3) is 5.91 Å². The van der Waals surface area contributed by atoms with E-state index in [9.17, 15) is 14.7 Å². The first-order chi connectivity index (χ1) is 12.4. The molecule has 3 rings (SSSR count). The topological polar surface area (TPSA) is 88.2 Å². The van der Waals surface area contributed by atoms with Crippen molar-refractivity contribution >= 4 is 17.4 Å². The van der Waals surface area contributed by atoms with Gasteiger partial charge in [-0.15, -0.1) is 0 Å². The van der Waals surface area contributed by atoms with E-state index in [2.05, 4.69) is 5.32 Å². The van der Waals surface area contributed by atoms with Crippen molar-refractivity contribution in [2.75, 3.05) is 13.2 Å². The Kier molecular flexibility index (Phi) is 5.44. The molecule has 6 nitrogen and oxygen atoms in total. The van der Waals surface area contributed by atoms with Crippen LogP contribution < -0.4 is 5.32 Å². The van der Waals surface area contributed by atoms with Gasteiger partial charge in [0, 0.05) is 6.61 Å². The van der Waals surface area contributed by atoms with Crippen LogP contribution in [0.5, 0.6) is 0 Å². The average molecular weight is 359 g/mol. The van der Waals surface area contributed by atoms with Gasteiger partial charge in [0.15, 0.2) is 6.10 Å². The van der Waals surface area contributed by atoms with Crippen LogP contribution in [0.1, 0.15) is 36.5 Å². The molecule has 1 amide bonds. The van der Waals surface area contributed by atoms with Crippen LogP contribution in [0.3, 0.4) is 0 Å². The molecule has 6 heteroatoms. The molecular weight excluding hydrogens is 334 g/mol. The van der Waals surface area contributed by atoms with E-state index in [0.717, 1.165) is 16.7 Å². The molecule has 1 unspecified atom stereocenters. The second-order valence-electron chi connectivity index (χ2n) is 7.19. The van der Waals surface area contributed by atoms with Gasteiger partial charge >= 0.3 is 5.97 Å². The molecule has 2 aliphatic heterocycles. The van der Waals surface area contributed by atoms with Crippen molar-refractivity contribution in [2.45, 2.75) is 45.8 Å². The van der Waals surface area contributed by atoms with Crippen molar-refractivity contribution in [2.24, 2.45) is 5.92 Å². The summed E-state index contributed by atoms with van der Waals surface area (Å²) in [6.07, 6.45) is 0.772. The molecule has 0 saturated carbocycles. The Morgan fingerprint density at radius 1 is 1.42 bits per heavy atom. The third-order valence-electron chi connectivity index (χ3n) is 4.82. The Morgan fingerprint density at radius 2 is 2.15 bits per heavy atom. The quantitative estimate of drug-likeness (QED) is 0.573. The number of nitrogens with one attached hydrogen (secondary N) is 1. The van der Waals surface area contributed by atoms with Gasteiger partial charge < -0.3 is 19.9 Å². The first-order valence-corrected chi connectivity index (χ1v) is 8.97. The standard InChI is InChI=1S/C20H25NO5/c1-11-4-6-13(3)14(8-11)17-18(26-20(24)16-10-25-16)15(21-19(17)23)7-5-12(2)9-22/h4,6,8,12,15-16,22H,5,7,9-10H2,1-3H3,(H,21,23)/t12-,15+,16?/m0/s1. The number of epoxide rings is 1. The van der Waals surface area contributed by atoms with Crippen LogP contribution in [0.2, 0.25) is 0 Å². The number of amides is 1. The fourth-order valence-corrected chi connectivity index (χ4v) is 3.07. The Balaban J connectivity index is 1.96. The van der Waals surface area contributed by atoms with Crippen molar-refractivity contribution in [1.29, 1.82) is 0 Å². The Morgan fingerprint density at radius 3 is 2.81 bits per heavy atom. The van der Waals surface area contributed by atoms with Gasteiger partial charge in [0.1, 0.15) is 5.76 Å². The summed E-state index contributed by atoms with van der Waals surface area (Å²) in [6.45, 7) is 6.27. The molecule has 0 bridgehead atoms. The van der Waals surface area contributed by atoms with Crippen LogP contribution in [-0.2, 0) is 19.1 Å². The molecule has 26 heavy (non-hydrogen) atoms. The van der Waals surface area contributed by atoms with Crippen LogP contribution >= 0.6 is 0 Å². The summed E-state index contributed by atoms with van der Waals surface area (Å²) >= 11 is 0. The minimum Gasteiger partial charge on any atom is -0.426 e. The zero-order chi connectivity index (χ0) is 18.8. The second kappa shape index (κ2) is 7.60. The largest absolute Gasteiger partial charge is 0.426 e. The van der Waals surface area contributed by atoms with E-state index in [1.807, 2.05) is 39.0 Å². The maximum absolute atomic E-state index is 12.7. The fourth-order valence-electron chi connectivity index (χ4n) is 3.07. The number of carbonyl (C=O) groups excluding carboxylic acids is 2. The highest BCUT2D eigenvalue weighted by Crippen LogP contribution is 2.33. The summed E-state index contributed by atoms with van der Waals surface area (Å²) in [5.41, 5.74) is 3.17. The predicted molar refractivity (Wildman–Crippen MR) is 96.1 cm³/mol. The highest BCUT2D eigenvalue weighted by atomic mass is 16.6. The molecule has 1 saturated heterocycles. The number of aliphatic hydroxyl groups is 1. The summed E-state index contributed by atoms with van der Waals surface area (Å²) < 4.78 is 10.6. The van der Waals surface area contributed by atoms with E-state index in [0.29, 0.717) is 30.8 Å². The SMILES string of the molecule is Cc1ccc(C)c(C2=C(OC(=O)C3CO3)[C@@H](CC[C@H](C)CO)NC2=O)c1. The van der Waals surface area contributed by atoms with Crippen LogP contribution in [-0.4, -0.2) is 42.3 Å². The van der Waals surface area contributed by atoms with Crippen molar-refractivity contribution < 1.29 is 24.2 Å². The van der Waals surface area contributed by atoms with Crippen molar-refractivity contribution in [3.05, 3.63) is 40.6 Å². The number of ether oxygens (including phenoxy) is 2. The maximum atomic E-state index is 12.7. The molecule has 0 aliphatic carbocycles. The number of hydrogen-bond donors (Lipinski definition) is 2. The average Bonchev–Trinajstić information content (AvgIpc) is 3.41. The first-order valence-electron chi connectivity index (χ1n) is 8.97. The summed E-state index contributed by atoms with van der Waals surface area (Å²) in [7, 11) is 0. The second-order valence-corrected chi connectivity index (χ2v) is 7.19. The smallest absolute Gasteiger partial charge is 0.342 e. The van der Waals surface area contributed by atoms with E-state index in [1.54, 1.807) is 0 Å². The zero-order valence-corrected chi connectivity index (χ0v) is 15.4. The highest BCUT2D eigenvalue weighted by molar-refractivity contribution is 6.23. The molecule has 3 atom stereocenters. The number of aliphatic hydroxyl groups excluding tert-OH is 1.